The van der Waals surface area contributed by atoms with E-state index in [-0.39, 0.29) is 18.1 Å². The average Bonchev–Trinajstić information content (AvgIpc) is 3.01. The number of aromatic nitrogens is 1. The standard InChI is InChI=1S/C18H25ClN2O3/c1-23-9-10-24-17-11-13(15-6-5-14(19)12-20-15)4-7-16(17)21-8-2-3-18(21)22/h5-6,12-13,16-17H,2-4,7-11H2,1H3. The summed E-state index contributed by atoms with van der Waals surface area (Å²) in [6.07, 6.45) is 6.23. The van der Waals surface area contributed by atoms with E-state index in [1.165, 1.54) is 0 Å². The van der Waals surface area contributed by atoms with Gasteiger partial charge in [0, 0.05) is 37.9 Å². The van der Waals surface area contributed by atoms with Crippen LogP contribution in [0.25, 0.3) is 0 Å². The van der Waals surface area contributed by atoms with Crippen molar-refractivity contribution in [3.05, 3.63) is 29.0 Å². The SMILES string of the molecule is COCCOC1CC(c2ccc(Cl)cn2)CCC1N1CCCC1=O. The Labute approximate surface area is 148 Å². The van der Waals surface area contributed by atoms with Crippen molar-refractivity contribution in [2.45, 2.75) is 50.2 Å². The van der Waals surface area contributed by atoms with E-state index in [2.05, 4.69) is 4.98 Å². The van der Waals surface area contributed by atoms with Crippen LogP contribution in [-0.2, 0) is 14.3 Å². The molecular weight excluding hydrogens is 328 g/mol. The number of rotatable bonds is 6. The molecule has 1 aromatic rings. The summed E-state index contributed by atoms with van der Waals surface area (Å²) in [5.74, 6) is 0.618. The smallest absolute Gasteiger partial charge is 0.222 e. The zero-order valence-corrected chi connectivity index (χ0v) is 14.9. The summed E-state index contributed by atoms with van der Waals surface area (Å²) in [5, 5.41) is 0.656. The fraction of sp³-hybridized carbons (Fsp3) is 0.667. The van der Waals surface area contributed by atoms with Crippen LogP contribution < -0.4 is 0 Å². The first kappa shape index (κ1) is 17.6. The Balaban J connectivity index is 1.70. The van der Waals surface area contributed by atoms with E-state index in [9.17, 15) is 4.79 Å². The lowest BCUT2D eigenvalue weighted by Gasteiger charge is -2.40. The lowest BCUT2D eigenvalue weighted by Crippen LogP contribution is -2.48. The van der Waals surface area contributed by atoms with Crippen molar-refractivity contribution in [2.24, 2.45) is 0 Å². The Bertz CT molecular complexity index is 552. The van der Waals surface area contributed by atoms with Crippen LogP contribution in [0.4, 0.5) is 0 Å². The summed E-state index contributed by atoms with van der Waals surface area (Å²) >= 11 is 5.94. The predicted octanol–water partition coefficient (Wildman–Crippen LogP) is 3.03. The Kier molecular flexibility index (Phi) is 6.09. The van der Waals surface area contributed by atoms with Crippen molar-refractivity contribution < 1.29 is 14.3 Å². The summed E-state index contributed by atoms with van der Waals surface area (Å²) in [4.78, 5) is 18.7. The third-order valence-corrected chi connectivity index (χ3v) is 5.28. The molecule has 1 saturated carbocycles. The summed E-state index contributed by atoms with van der Waals surface area (Å²) < 4.78 is 11.2. The molecule has 0 bridgehead atoms. The molecule has 2 fully saturated rings. The van der Waals surface area contributed by atoms with Crippen LogP contribution in [0.2, 0.25) is 5.02 Å². The van der Waals surface area contributed by atoms with Crippen molar-refractivity contribution in [3.8, 4) is 0 Å². The van der Waals surface area contributed by atoms with Crippen molar-refractivity contribution >= 4 is 17.5 Å². The highest BCUT2D eigenvalue weighted by Gasteiger charge is 2.39. The molecule has 1 amide bonds. The van der Waals surface area contributed by atoms with Gasteiger partial charge in [-0.3, -0.25) is 9.78 Å². The molecule has 6 heteroatoms. The molecule has 3 unspecified atom stereocenters. The second-order valence-corrected chi connectivity index (χ2v) is 7.01. The van der Waals surface area contributed by atoms with E-state index < -0.39 is 0 Å². The molecule has 5 nitrogen and oxygen atoms in total. The number of ether oxygens (including phenoxy) is 2. The summed E-state index contributed by atoms with van der Waals surface area (Å²) in [7, 11) is 1.67. The van der Waals surface area contributed by atoms with Crippen LogP contribution in [0, 0.1) is 0 Å². The lowest BCUT2D eigenvalue weighted by atomic mass is 9.81. The Morgan fingerprint density at radius 2 is 2.21 bits per heavy atom. The fourth-order valence-corrected chi connectivity index (χ4v) is 3.96. The van der Waals surface area contributed by atoms with E-state index in [1.54, 1.807) is 13.3 Å². The third-order valence-electron chi connectivity index (χ3n) is 5.06. The minimum Gasteiger partial charge on any atom is -0.382 e. The second-order valence-electron chi connectivity index (χ2n) is 6.57. The average molecular weight is 353 g/mol. The highest BCUT2D eigenvalue weighted by molar-refractivity contribution is 6.30. The molecule has 24 heavy (non-hydrogen) atoms. The van der Waals surface area contributed by atoms with E-state index in [1.807, 2.05) is 17.0 Å². The molecule has 1 aliphatic carbocycles. The molecule has 0 radical (unpaired) electrons. The Hall–Kier alpha value is -1.17. The molecular formula is C18H25ClN2O3. The van der Waals surface area contributed by atoms with Gasteiger partial charge in [-0.1, -0.05) is 11.6 Å². The minimum atomic E-state index is 0.0402. The van der Waals surface area contributed by atoms with Gasteiger partial charge in [0.05, 0.1) is 30.4 Å². The van der Waals surface area contributed by atoms with Gasteiger partial charge in [-0.15, -0.1) is 0 Å². The molecule has 0 aromatic carbocycles. The number of carbonyl (C=O) groups is 1. The number of carbonyl (C=O) groups excluding carboxylic acids is 1. The van der Waals surface area contributed by atoms with Crippen LogP contribution in [0.5, 0.6) is 0 Å². The van der Waals surface area contributed by atoms with Crippen LogP contribution in [0.1, 0.15) is 43.7 Å². The Morgan fingerprint density at radius 3 is 2.88 bits per heavy atom. The van der Waals surface area contributed by atoms with E-state index in [0.29, 0.717) is 30.6 Å². The highest BCUT2D eigenvalue weighted by Crippen LogP contribution is 2.37. The number of halogens is 1. The number of pyridine rings is 1. The fourth-order valence-electron chi connectivity index (χ4n) is 3.85. The molecule has 132 valence electrons. The number of hydrogen-bond acceptors (Lipinski definition) is 4. The monoisotopic (exact) mass is 352 g/mol. The Morgan fingerprint density at radius 1 is 1.33 bits per heavy atom. The summed E-state index contributed by atoms with van der Waals surface area (Å²) in [6, 6.07) is 4.07. The molecule has 3 atom stereocenters. The number of amides is 1. The predicted molar refractivity (Wildman–Crippen MR) is 92.2 cm³/mol. The van der Waals surface area contributed by atoms with Gasteiger partial charge in [-0.25, -0.2) is 0 Å². The first-order valence-corrected chi connectivity index (χ1v) is 9.08. The number of hydrogen-bond donors (Lipinski definition) is 0. The highest BCUT2D eigenvalue weighted by atomic mass is 35.5. The van der Waals surface area contributed by atoms with Crippen LogP contribution in [0.3, 0.4) is 0 Å². The van der Waals surface area contributed by atoms with Gasteiger partial charge in [0.2, 0.25) is 5.91 Å². The quantitative estimate of drug-likeness (QED) is 0.738. The van der Waals surface area contributed by atoms with E-state index in [4.69, 9.17) is 21.1 Å². The molecule has 1 aliphatic heterocycles. The maximum Gasteiger partial charge on any atom is 0.222 e. The van der Waals surface area contributed by atoms with E-state index in [0.717, 1.165) is 37.9 Å². The van der Waals surface area contributed by atoms with Crippen molar-refractivity contribution in [3.63, 3.8) is 0 Å². The van der Waals surface area contributed by atoms with Gasteiger partial charge in [0.25, 0.3) is 0 Å². The normalized spacial score (nSPS) is 27.7. The molecule has 3 rings (SSSR count). The molecule has 2 heterocycles. The van der Waals surface area contributed by atoms with Crippen LogP contribution in [0.15, 0.2) is 18.3 Å². The number of likely N-dealkylation sites (tertiary alicyclic amines) is 1. The topological polar surface area (TPSA) is 51.7 Å². The molecule has 0 spiro atoms. The molecule has 1 aromatic heterocycles. The van der Waals surface area contributed by atoms with Gasteiger partial charge in [0.1, 0.15) is 0 Å². The largest absolute Gasteiger partial charge is 0.382 e. The van der Waals surface area contributed by atoms with Gasteiger partial charge < -0.3 is 14.4 Å². The van der Waals surface area contributed by atoms with Crippen LogP contribution >= 0.6 is 11.6 Å². The molecule has 0 N–H and O–H groups in total. The van der Waals surface area contributed by atoms with Crippen molar-refractivity contribution in [2.75, 3.05) is 26.9 Å². The summed E-state index contributed by atoms with van der Waals surface area (Å²) in [5.41, 5.74) is 1.06. The number of nitrogens with zero attached hydrogens (tertiary/aromatic N) is 2. The third kappa shape index (κ3) is 4.08. The van der Waals surface area contributed by atoms with Gasteiger partial charge >= 0.3 is 0 Å². The second kappa shape index (κ2) is 8.28. The van der Waals surface area contributed by atoms with Gasteiger partial charge in [-0.05, 0) is 37.8 Å². The maximum atomic E-state index is 12.2. The first-order valence-electron chi connectivity index (χ1n) is 8.70. The van der Waals surface area contributed by atoms with E-state index >= 15 is 0 Å². The lowest BCUT2D eigenvalue weighted by molar-refractivity contribution is -0.135. The minimum absolute atomic E-state index is 0.0402. The molecule has 2 aliphatic rings. The zero-order chi connectivity index (χ0) is 16.9. The zero-order valence-electron chi connectivity index (χ0n) is 14.1. The van der Waals surface area contributed by atoms with Gasteiger partial charge in [-0.2, -0.15) is 0 Å². The molecule has 1 saturated heterocycles. The maximum absolute atomic E-state index is 12.2. The van der Waals surface area contributed by atoms with Crippen molar-refractivity contribution in [1.82, 2.24) is 9.88 Å². The van der Waals surface area contributed by atoms with Crippen LogP contribution in [-0.4, -0.2) is 54.8 Å². The van der Waals surface area contributed by atoms with Gasteiger partial charge in [0.15, 0.2) is 0 Å². The first-order chi connectivity index (χ1) is 11.7. The van der Waals surface area contributed by atoms with Crippen molar-refractivity contribution in [1.29, 1.82) is 0 Å². The summed E-state index contributed by atoms with van der Waals surface area (Å²) in [6.45, 7) is 1.99. The number of methoxy groups -OCH3 is 1.